The summed E-state index contributed by atoms with van der Waals surface area (Å²) in [6, 6.07) is 3.65. The van der Waals surface area contributed by atoms with Gasteiger partial charge in [0, 0.05) is 18.8 Å². The molecule has 0 radical (unpaired) electrons. The van der Waals surface area contributed by atoms with E-state index in [4.69, 9.17) is 11.5 Å². The third kappa shape index (κ3) is 2.25. The van der Waals surface area contributed by atoms with E-state index >= 15 is 0 Å². The standard InChI is InChI=1S/C7H10BrN3/c8-7-3-5(1-2-11-7)6(10)4-9/h1-3,6H,4,9-10H2/t6-/m0/s1. The highest BCUT2D eigenvalue weighted by Gasteiger charge is 2.02. The minimum Gasteiger partial charge on any atom is -0.329 e. The van der Waals surface area contributed by atoms with Crippen LogP contribution in [0.15, 0.2) is 22.9 Å². The number of aromatic nitrogens is 1. The van der Waals surface area contributed by atoms with E-state index in [2.05, 4.69) is 20.9 Å². The summed E-state index contributed by atoms with van der Waals surface area (Å²) in [5.41, 5.74) is 12.1. The second-order valence-electron chi connectivity index (χ2n) is 2.25. The average Bonchev–Trinajstić information content (AvgIpc) is 2.03. The van der Waals surface area contributed by atoms with Crippen molar-refractivity contribution in [2.45, 2.75) is 6.04 Å². The van der Waals surface area contributed by atoms with Crippen molar-refractivity contribution in [2.75, 3.05) is 6.54 Å². The van der Waals surface area contributed by atoms with Crippen LogP contribution in [0.4, 0.5) is 0 Å². The molecule has 0 aliphatic carbocycles. The molecule has 0 aliphatic rings. The summed E-state index contributed by atoms with van der Waals surface area (Å²) in [6.45, 7) is 0.455. The maximum atomic E-state index is 5.69. The van der Waals surface area contributed by atoms with Gasteiger partial charge in [0.05, 0.1) is 0 Å². The number of rotatable bonds is 2. The summed E-state index contributed by atoms with van der Waals surface area (Å²) < 4.78 is 0.791. The van der Waals surface area contributed by atoms with Crippen LogP contribution in [-0.2, 0) is 0 Å². The number of hydrogen-bond acceptors (Lipinski definition) is 3. The van der Waals surface area contributed by atoms with Gasteiger partial charge in [0.25, 0.3) is 0 Å². The van der Waals surface area contributed by atoms with Gasteiger partial charge in [-0.15, -0.1) is 0 Å². The summed E-state index contributed by atoms with van der Waals surface area (Å²) in [5.74, 6) is 0. The minimum atomic E-state index is -0.0886. The fourth-order valence-electron chi connectivity index (χ4n) is 0.784. The van der Waals surface area contributed by atoms with Gasteiger partial charge in [-0.3, -0.25) is 0 Å². The SMILES string of the molecule is NC[C@H](N)c1ccnc(Br)c1. The van der Waals surface area contributed by atoms with Gasteiger partial charge in [-0.25, -0.2) is 4.98 Å². The lowest BCUT2D eigenvalue weighted by atomic mass is 10.1. The molecule has 0 amide bonds. The van der Waals surface area contributed by atoms with E-state index in [-0.39, 0.29) is 6.04 Å². The van der Waals surface area contributed by atoms with Crippen molar-refractivity contribution in [1.29, 1.82) is 0 Å². The quantitative estimate of drug-likeness (QED) is 0.718. The summed E-state index contributed by atoms with van der Waals surface area (Å²) in [7, 11) is 0. The molecular formula is C7H10BrN3. The summed E-state index contributed by atoms with van der Waals surface area (Å²) in [4.78, 5) is 3.98. The summed E-state index contributed by atoms with van der Waals surface area (Å²) in [6.07, 6.45) is 1.70. The molecule has 60 valence electrons. The second kappa shape index (κ2) is 3.80. The molecule has 4 N–H and O–H groups in total. The van der Waals surface area contributed by atoms with Gasteiger partial charge in [0.15, 0.2) is 0 Å². The average molecular weight is 216 g/mol. The maximum Gasteiger partial charge on any atom is 0.106 e. The molecule has 0 fully saturated rings. The van der Waals surface area contributed by atoms with Crippen molar-refractivity contribution >= 4 is 15.9 Å². The number of halogens is 1. The van der Waals surface area contributed by atoms with E-state index in [0.717, 1.165) is 10.2 Å². The lowest BCUT2D eigenvalue weighted by Crippen LogP contribution is -2.20. The Morgan fingerprint density at radius 2 is 2.36 bits per heavy atom. The first-order chi connectivity index (χ1) is 5.24. The Bertz CT molecular complexity index is 239. The smallest absolute Gasteiger partial charge is 0.106 e. The maximum absolute atomic E-state index is 5.69. The van der Waals surface area contributed by atoms with Crippen LogP contribution in [-0.4, -0.2) is 11.5 Å². The number of nitrogens with two attached hydrogens (primary N) is 2. The molecule has 0 saturated heterocycles. The fraction of sp³-hybridized carbons (Fsp3) is 0.286. The van der Waals surface area contributed by atoms with Crippen LogP contribution in [0.5, 0.6) is 0 Å². The van der Waals surface area contributed by atoms with Gasteiger partial charge in [-0.1, -0.05) is 0 Å². The van der Waals surface area contributed by atoms with Gasteiger partial charge < -0.3 is 11.5 Å². The first-order valence-electron chi connectivity index (χ1n) is 3.31. The molecular weight excluding hydrogens is 206 g/mol. The van der Waals surface area contributed by atoms with E-state index in [1.807, 2.05) is 12.1 Å². The Labute approximate surface area is 73.9 Å². The van der Waals surface area contributed by atoms with Crippen molar-refractivity contribution in [1.82, 2.24) is 4.98 Å². The lowest BCUT2D eigenvalue weighted by Gasteiger charge is -2.07. The van der Waals surface area contributed by atoms with Crippen molar-refractivity contribution in [3.63, 3.8) is 0 Å². The Morgan fingerprint density at radius 1 is 1.64 bits per heavy atom. The molecule has 0 bridgehead atoms. The first kappa shape index (κ1) is 8.64. The van der Waals surface area contributed by atoms with E-state index < -0.39 is 0 Å². The predicted molar refractivity (Wildman–Crippen MR) is 47.9 cm³/mol. The highest BCUT2D eigenvalue weighted by Crippen LogP contribution is 2.12. The molecule has 4 heteroatoms. The molecule has 1 rings (SSSR count). The zero-order valence-corrected chi connectivity index (χ0v) is 7.58. The van der Waals surface area contributed by atoms with E-state index in [1.165, 1.54) is 0 Å². The second-order valence-corrected chi connectivity index (χ2v) is 3.07. The fourth-order valence-corrected chi connectivity index (χ4v) is 1.17. The van der Waals surface area contributed by atoms with Gasteiger partial charge >= 0.3 is 0 Å². The van der Waals surface area contributed by atoms with Crippen molar-refractivity contribution in [3.05, 3.63) is 28.5 Å². The van der Waals surface area contributed by atoms with Gasteiger partial charge in [0.1, 0.15) is 4.60 Å². The zero-order valence-electron chi connectivity index (χ0n) is 6.00. The Kier molecular flexibility index (Phi) is 2.99. The van der Waals surface area contributed by atoms with E-state index in [9.17, 15) is 0 Å². The van der Waals surface area contributed by atoms with Crippen molar-refractivity contribution in [3.8, 4) is 0 Å². The number of pyridine rings is 1. The van der Waals surface area contributed by atoms with Crippen LogP contribution in [0.1, 0.15) is 11.6 Å². The normalized spacial score (nSPS) is 13.0. The Balaban J connectivity index is 2.86. The zero-order chi connectivity index (χ0) is 8.27. The van der Waals surface area contributed by atoms with Gasteiger partial charge in [-0.2, -0.15) is 0 Å². The van der Waals surface area contributed by atoms with Crippen LogP contribution in [0.2, 0.25) is 0 Å². The highest BCUT2D eigenvalue weighted by atomic mass is 79.9. The van der Waals surface area contributed by atoms with Crippen LogP contribution in [0.25, 0.3) is 0 Å². The molecule has 1 aromatic heterocycles. The molecule has 0 unspecified atom stereocenters. The van der Waals surface area contributed by atoms with Crippen LogP contribution in [0.3, 0.4) is 0 Å². The predicted octanol–water partition coefficient (Wildman–Crippen LogP) is 0.803. The molecule has 0 saturated carbocycles. The topological polar surface area (TPSA) is 64.9 Å². The summed E-state index contributed by atoms with van der Waals surface area (Å²) in [5, 5.41) is 0. The van der Waals surface area contributed by atoms with Crippen LogP contribution in [0, 0.1) is 0 Å². The number of nitrogens with zero attached hydrogens (tertiary/aromatic N) is 1. The molecule has 0 spiro atoms. The summed E-state index contributed by atoms with van der Waals surface area (Å²) >= 11 is 3.25. The largest absolute Gasteiger partial charge is 0.329 e. The third-order valence-electron chi connectivity index (χ3n) is 1.43. The van der Waals surface area contributed by atoms with Gasteiger partial charge in [0.2, 0.25) is 0 Å². The molecule has 1 atom stereocenters. The third-order valence-corrected chi connectivity index (χ3v) is 1.87. The van der Waals surface area contributed by atoms with E-state index in [0.29, 0.717) is 6.54 Å². The minimum absolute atomic E-state index is 0.0886. The molecule has 1 heterocycles. The van der Waals surface area contributed by atoms with Crippen molar-refractivity contribution < 1.29 is 0 Å². The van der Waals surface area contributed by atoms with Crippen molar-refractivity contribution in [2.24, 2.45) is 11.5 Å². The highest BCUT2D eigenvalue weighted by molar-refractivity contribution is 9.10. The first-order valence-corrected chi connectivity index (χ1v) is 4.10. The van der Waals surface area contributed by atoms with Gasteiger partial charge in [-0.05, 0) is 33.6 Å². The van der Waals surface area contributed by atoms with Crippen LogP contribution < -0.4 is 11.5 Å². The molecule has 3 nitrogen and oxygen atoms in total. The van der Waals surface area contributed by atoms with E-state index in [1.54, 1.807) is 6.20 Å². The molecule has 0 aliphatic heterocycles. The molecule has 1 aromatic rings. The Morgan fingerprint density at radius 3 is 2.91 bits per heavy atom. The lowest BCUT2D eigenvalue weighted by molar-refractivity contribution is 0.734. The number of hydrogen-bond donors (Lipinski definition) is 2. The monoisotopic (exact) mass is 215 g/mol. The Hall–Kier alpha value is -0.450. The van der Waals surface area contributed by atoms with Crippen LogP contribution >= 0.6 is 15.9 Å². The molecule has 11 heavy (non-hydrogen) atoms. The molecule has 0 aromatic carbocycles.